The minimum Gasteiger partial charge on any atom is -0.291 e. The maximum atomic E-state index is 12.2. The second-order valence-electron chi connectivity index (χ2n) is 3.44. The lowest BCUT2D eigenvalue weighted by Crippen LogP contribution is -2.23. The molecule has 1 unspecified atom stereocenters. The highest BCUT2D eigenvalue weighted by atomic mass is 19.4. The molecule has 0 spiro atoms. The molecule has 4 heteroatoms. The first-order valence-corrected chi connectivity index (χ1v) is 4.94. The lowest BCUT2D eigenvalue weighted by molar-refractivity contribution is -0.174. The molecule has 0 saturated heterocycles. The van der Waals surface area contributed by atoms with E-state index in [0.29, 0.717) is 6.42 Å². The predicted molar refractivity (Wildman–Crippen MR) is 48.6 cm³/mol. The molecular formula is C10H16F3O. The van der Waals surface area contributed by atoms with E-state index in [1.165, 1.54) is 6.29 Å². The smallest absolute Gasteiger partial charge is 0.291 e. The van der Waals surface area contributed by atoms with Gasteiger partial charge in [-0.15, -0.1) is 0 Å². The largest absolute Gasteiger partial charge is 0.392 e. The van der Waals surface area contributed by atoms with Gasteiger partial charge >= 0.3 is 6.18 Å². The van der Waals surface area contributed by atoms with Gasteiger partial charge in [-0.05, 0) is 6.42 Å². The van der Waals surface area contributed by atoms with E-state index in [-0.39, 0.29) is 6.42 Å². The number of hydrogen-bond donors (Lipinski definition) is 0. The van der Waals surface area contributed by atoms with Gasteiger partial charge in [-0.25, -0.2) is 0 Å². The Morgan fingerprint density at radius 1 is 1.21 bits per heavy atom. The third-order valence-electron chi connectivity index (χ3n) is 2.20. The minimum atomic E-state index is -4.25. The molecule has 0 aromatic rings. The maximum Gasteiger partial charge on any atom is 0.392 e. The van der Waals surface area contributed by atoms with Gasteiger partial charge in [-0.1, -0.05) is 32.6 Å². The van der Waals surface area contributed by atoms with Crippen LogP contribution >= 0.6 is 0 Å². The van der Waals surface area contributed by atoms with Crippen LogP contribution in [0.3, 0.4) is 0 Å². The summed E-state index contributed by atoms with van der Waals surface area (Å²) in [6, 6.07) is 0. The molecule has 0 aliphatic heterocycles. The van der Waals surface area contributed by atoms with Crippen LogP contribution in [0.4, 0.5) is 13.2 Å². The average Bonchev–Trinajstić information content (AvgIpc) is 2.08. The number of carbonyl (C=O) groups excluding carboxylic acids is 1. The second-order valence-corrected chi connectivity index (χ2v) is 3.44. The van der Waals surface area contributed by atoms with Crippen molar-refractivity contribution in [1.29, 1.82) is 0 Å². The van der Waals surface area contributed by atoms with Crippen molar-refractivity contribution in [3.05, 3.63) is 0 Å². The first kappa shape index (κ1) is 13.5. The SMILES string of the molecule is CCCCCCC(C[C]=O)C(F)(F)F. The molecule has 0 rings (SSSR count). The van der Waals surface area contributed by atoms with Crippen LogP contribution in [0.25, 0.3) is 0 Å². The van der Waals surface area contributed by atoms with E-state index in [4.69, 9.17) is 0 Å². The van der Waals surface area contributed by atoms with Gasteiger partial charge in [-0.3, -0.25) is 4.79 Å². The van der Waals surface area contributed by atoms with Crippen molar-refractivity contribution in [2.45, 2.75) is 51.6 Å². The standard InChI is InChI=1S/C10H16F3O/c1-2-3-4-5-6-9(7-8-14)10(11,12)13/h9H,2-7H2,1H3. The van der Waals surface area contributed by atoms with Gasteiger partial charge in [0.1, 0.15) is 0 Å². The summed E-state index contributed by atoms with van der Waals surface area (Å²) >= 11 is 0. The van der Waals surface area contributed by atoms with E-state index in [0.717, 1.165) is 19.3 Å². The van der Waals surface area contributed by atoms with Gasteiger partial charge in [0.15, 0.2) is 6.29 Å². The average molecular weight is 209 g/mol. The summed E-state index contributed by atoms with van der Waals surface area (Å²) < 4.78 is 36.7. The highest BCUT2D eigenvalue weighted by Crippen LogP contribution is 2.32. The number of hydrogen-bond acceptors (Lipinski definition) is 1. The Labute approximate surface area is 82.7 Å². The highest BCUT2D eigenvalue weighted by molar-refractivity contribution is 5.50. The van der Waals surface area contributed by atoms with Gasteiger partial charge in [0.05, 0.1) is 5.92 Å². The van der Waals surface area contributed by atoms with E-state index < -0.39 is 18.5 Å². The molecule has 0 heterocycles. The van der Waals surface area contributed by atoms with E-state index in [1.54, 1.807) is 0 Å². The fraction of sp³-hybridized carbons (Fsp3) is 0.900. The Balaban J connectivity index is 3.80. The first-order chi connectivity index (χ1) is 6.52. The Morgan fingerprint density at radius 3 is 2.29 bits per heavy atom. The Morgan fingerprint density at radius 2 is 1.86 bits per heavy atom. The summed E-state index contributed by atoms with van der Waals surface area (Å²) in [5.41, 5.74) is 0. The molecule has 83 valence electrons. The van der Waals surface area contributed by atoms with Crippen LogP contribution in [-0.2, 0) is 4.79 Å². The Bertz CT molecular complexity index is 154. The normalized spacial score (nSPS) is 14.0. The molecule has 1 nitrogen and oxygen atoms in total. The van der Waals surface area contributed by atoms with Crippen molar-refractivity contribution in [1.82, 2.24) is 0 Å². The molecule has 0 saturated carbocycles. The van der Waals surface area contributed by atoms with Crippen molar-refractivity contribution < 1.29 is 18.0 Å². The van der Waals surface area contributed by atoms with Crippen LogP contribution in [0.1, 0.15) is 45.4 Å². The molecule has 14 heavy (non-hydrogen) atoms. The highest BCUT2D eigenvalue weighted by Gasteiger charge is 2.38. The van der Waals surface area contributed by atoms with Crippen molar-refractivity contribution >= 4 is 6.29 Å². The van der Waals surface area contributed by atoms with E-state index >= 15 is 0 Å². The number of rotatable bonds is 7. The molecule has 0 fully saturated rings. The minimum absolute atomic E-state index is 0.0543. The van der Waals surface area contributed by atoms with Crippen LogP contribution in [-0.4, -0.2) is 12.5 Å². The summed E-state index contributed by atoms with van der Waals surface area (Å²) in [6.07, 6.45) is -0.0660. The molecule has 0 aromatic heterocycles. The van der Waals surface area contributed by atoms with Crippen LogP contribution < -0.4 is 0 Å². The van der Waals surface area contributed by atoms with Crippen LogP contribution in [0, 0.1) is 5.92 Å². The predicted octanol–water partition coefficient (Wildman–Crippen LogP) is 3.64. The number of unbranched alkanes of at least 4 members (excludes halogenated alkanes) is 3. The molecule has 0 aliphatic rings. The lowest BCUT2D eigenvalue weighted by Gasteiger charge is -2.17. The van der Waals surface area contributed by atoms with Crippen molar-refractivity contribution in [3.63, 3.8) is 0 Å². The van der Waals surface area contributed by atoms with Crippen molar-refractivity contribution in [3.8, 4) is 0 Å². The van der Waals surface area contributed by atoms with Crippen molar-refractivity contribution in [2.75, 3.05) is 0 Å². The number of halogens is 3. The quantitative estimate of drug-likeness (QED) is 0.585. The molecule has 0 bridgehead atoms. The summed E-state index contributed by atoms with van der Waals surface area (Å²) in [7, 11) is 0. The van der Waals surface area contributed by atoms with Gasteiger partial charge in [-0.2, -0.15) is 13.2 Å². The molecule has 0 aromatic carbocycles. The molecule has 1 radical (unpaired) electrons. The molecule has 1 atom stereocenters. The number of alkyl halides is 3. The summed E-state index contributed by atoms with van der Waals surface area (Å²) in [5.74, 6) is -1.49. The van der Waals surface area contributed by atoms with Crippen LogP contribution in [0.2, 0.25) is 0 Å². The Hall–Kier alpha value is -0.540. The monoisotopic (exact) mass is 209 g/mol. The fourth-order valence-electron chi connectivity index (χ4n) is 1.30. The van der Waals surface area contributed by atoms with Crippen LogP contribution in [0.5, 0.6) is 0 Å². The van der Waals surface area contributed by atoms with Gasteiger partial charge in [0.25, 0.3) is 0 Å². The van der Waals surface area contributed by atoms with Gasteiger partial charge in [0, 0.05) is 6.42 Å². The fourth-order valence-corrected chi connectivity index (χ4v) is 1.30. The van der Waals surface area contributed by atoms with E-state index in [2.05, 4.69) is 0 Å². The summed E-state index contributed by atoms with van der Waals surface area (Å²) in [5, 5.41) is 0. The zero-order valence-electron chi connectivity index (χ0n) is 8.36. The third kappa shape index (κ3) is 6.00. The van der Waals surface area contributed by atoms with Gasteiger partial charge in [0.2, 0.25) is 0 Å². The molecule has 0 N–H and O–H groups in total. The zero-order chi connectivity index (χ0) is 11.0. The summed E-state index contributed by atoms with van der Waals surface area (Å²) in [4.78, 5) is 9.93. The lowest BCUT2D eigenvalue weighted by atomic mass is 9.97. The third-order valence-corrected chi connectivity index (χ3v) is 2.20. The molecule has 0 amide bonds. The van der Waals surface area contributed by atoms with Gasteiger partial charge < -0.3 is 0 Å². The summed E-state index contributed by atoms with van der Waals surface area (Å²) in [6.45, 7) is 2.00. The van der Waals surface area contributed by atoms with E-state index in [9.17, 15) is 18.0 Å². The zero-order valence-corrected chi connectivity index (χ0v) is 8.36. The molecule has 0 aliphatic carbocycles. The first-order valence-electron chi connectivity index (χ1n) is 4.94. The van der Waals surface area contributed by atoms with E-state index in [1.807, 2.05) is 6.92 Å². The van der Waals surface area contributed by atoms with Crippen LogP contribution in [0.15, 0.2) is 0 Å². The Kier molecular flexibility index (Phi) is 6.58. The van der Waals surface area contributed by atoms with Crippen molar-refractivity contribution in [2.24, 2.45) is 5.92 Å². The maximum absolute atomic E-state index is 12.2. The topological polar surface area (TPSA) is 17.1 Å². The molecular weight excluding hydrogens is 193 g/mol. The second kappa shape index (κ2) is 6.85.